The molecule has 1 amide bonds. The van der Waals surface area contributed by atoms with E-state index in [-0.39, 0.29) is 28.4 Å². The summed E-state index contributed by atoms with van der Waals surface area (Å²) < 4.78 is 47.3. The maximum atomic E-state index is 13.7. The summed E-state index contributed by atoms with van der Waals surface area (Å²) in [6.07, 6.45) is 0. The summed E-state index contributed by atoms with van der Waals surface area (Å²) in [6.45, 7) is 5.86. The highest BCUT2D eigenvalue weighted by Crippen LogP contribution is 2.20. The van der Waals surface area contributed by atoms with E-state index < -0.39 is 27.7 Å². The maximum absolute atomic E-state index is 13.7. The van der Waals surface area contributed by atoms with E-state index in [4.69, 9.17) is 4.74 Å². The van der Waals surface area contributed by atoms with Gasteiger partial charge in [0.05, 0.1) is 21.7 Å². The van der Waals surface area contributed by atoms with E-state index in [2.05, 4.69) is 4.99 Å². The number of ether oxygens (including phenoxy) is 1. The molecule has 176 valence electrons. The molecule has 0 spiro atoms. The quantitative estimate of drug-likeness (QED) is 0.449. The lowest BCUT2D eigenvalue weighted by Gasteiger charge is -2.18. The van der Waals surface area contributed by atoms with Crippen molar-refractivity contribution in [2.24, 2.45) is 4.99 Å². The van der Waals surface area contributed by atoms with Crippen LogP contribution in [-0.2, 0) is 26.1 Å². The number of carbonyl (C=O) groups excluding carboxylic acids is 2. The molecule has 1 aromatic heterocycles. The van der Waals surface area contributed by atoms with Gasteiger partial charge in [0.1, 0.15) is 12.4 Å². The SMILES string of the molecule is CCOC(=O)Cn1c(=NC(=O)c2ccc(S(=O)(=O)N(CC)CC)cc2)sc2cc(F)ccc21. The molecule has 3 aromatic rings. The first-order valence-electron chi connectivity index (χ1n) is 10.3. The monoisotopic (exact) mass is 493 g/mol. The molecule has 0 fully saturated rings. The molecule has 0 aliphatic heterocycles. The second-order valence-electron chi connectivity index (χ2n) is 6.92. The number of amides is 1. The van der Waals surface area contributed by atoms with Crippen LogP contribution in [0, 0.1) is 5.82 Å². The number of aromatic nitrogens is 1. The lowest BCUT2D eigenvalue weighted by atomic mass is 10.2. The number of halogens is 1. The second-order valence-corrected chi connectivity index (χ2v) is 9.87. The summed E-state index contributed by atoms with van der Waals surface area (Å²) in [5, 5.41) is 0. The van der Waals surface area contributed by atoms with Gasteiger partial charge in [-0.05, 0) is 49.4 Å². The van der Waals surface area contributed by atoms with E-state index in [1.54, 1.807) is 20.8 Å². The number of fused-ring (bicyclic) bond motifs is 1. The van der Waals surface area contributed by atoms with Crippen LogP contribution >= 0.6 is 11.3 Å². The molecule has 0 radical (unpaired) electrons. The number of carbonyl (C=O) groups is 2. The number of benzene rings is 2. The highest BCUT2D eigenvalue weighted by molar-refractivity contribution is 7.89. The first kappa shape index (κ1) is 24.7. The van der Waals surface area contributed by atoms with Gasteiger partial charge in [0, 0.05) is 18.7 Å². The number of rotatable bonds is 8. The van der Waals surface area contributed by atoms with Gasteiger partial charge < -0.3 is 9.30 Å². The minimum atomic E-state index is -3.65. The van der Waals surface area contributed by atoms with Gasteiger partial charge in [-0.1, -0.05) is 25.2 Å². The van der Waals surface area contributed by atoms with Crippen LogP contribution in [0.5, 0.6) is 0 Å². The van der Waals surface area contributed by atoms with Crippen LogP contribution in [0.25, 0.3) is 10.2 Å². The van der Waals surface area contributed by atoms with Crippen molar-refractivity contribution in [1.82, 2.24) is 8.87 Å². The van der Waals surface area contributed by atoms with Gasteiger partial charge in [0.2, 0.25) is 10.0 Å². The van der Waals surface area contributed by atoms with Crippen LogP contribution in [0.4, 0.5) is 4.39 Å². The van der Waals surface area contributed by atoms with Crippen LogP contribution in [0.1, 0.15) is 31.1 Å². The number of sulfonamides is 1. The largest absolute Gasteiger partial charge is 0.465 e. The fourth-order valence-corrected chi connectivity index (χ4v) is 5.77. The molecule has 1 heterocycles. The molecule has 0 N–H and O–H groups in total. The van der Waals surface area contributed by atoms with E-state index in [0.717, 1.165) is 11.3 Å². The number of hydrogen-bond acceptors (Lipinski definition) is 6. The van der Waals surface area contributed by atoms with Crippen LogP contribution in [0.3, 0.4) is 0 Å². The van der Waals surface area contributed by atoms with Crippen molar-refractivity contribution in [3.8, 4) is 0 Å². The van der Waals surface area contributed by atoms with Gasteiger partial charge in [0.15, 0.2) is 4.80 Å². The fraction of sp³-hybridized carbons (Fsp3) is 0.318. The number of esters is 1. The van der Waals surface area contributed by atoms with Gasteiger partial charge in [-0.25, -0.2) is 12.8 Å². The number of nitrogens with zero attached hydrogens (tertiary/aromatic N) is 3. The Balaban J connectivity index is 2.00. The molecule has 11 heteroatoms. The van der Waals surface area contributed by atoms with Crippen molar-refractivity contribution in [1.29, 1.82) is 0 Å². The Morgan fingerprint density at radius 3 is 2.36 bits per heavy atom. The van der Waals surface area contributed by atoms with Crippen LogP contribution in [0.15, 0.2) is 52.4 Å². The molecule has 8 nitrogen and oxygen atoms in total. The van der Waals surface area contributed by atoms with Crippen molar-refractivity contribution >= 4 is 43.5 Å². The lowest BCUT2D eigenvalue weighted by Crippen LogP contribution is -2.30. The molecule has 0 unspecified atom stereocenters. The molecule has 33 heavy (non-hydrogen) atoms. The van der Waals surface area contributed by atoms with Gasteiger partial charge in [-0.2, -0.15) is 9.30 Å². The maximum Gasteiger partial charge on any atom is 0.326 e. The molecule has 0 atom stereocenters. The summed E-state index contributed by atoms with van der Waals surface area (Å²) in [6, 6.07) is 9.59. The molecular formula is C22H24FN3O5S2. The molecule has 0 aliphatic rings. The predicted octanol–water partition coefficient (Wildman–Crippen LogP) is 3.18. The Morgan fingerprint density at radius 1 is 1.09 bits per heavy atom. The van der Waals surface area contributed by atoms with E-state index in [9.17, 15) is 22.4 Å². The van der Waals surface area contributed by atoms with Gasteiger partial charge >= 0.3 is 5.97 Å². The van der Waals surface area contributed by atoms with Crippen molar-refractivity contribution in [2.45, 2.75) is 32.2 Å². The Bertz CT molecular complexity index is 1340. The standard InChI is InChI=1S/C22H24FN3O5S2/c1-4-25(5-2)33(29,30)17-10-7-15(8-11-17)21(28)24-22-26(14-20(27)31-6-3)18-12-9-16(23)13-19(18)32-22/h7-13H,4-6,14H2,1-3H3. The van der Waals surface area contributed by atoms with Crippen LogP contribution < -0.4 is 4.80 Å². The summed E-state index contributed by atoms with van der Waals surface area (Å²) in [7, 11) is -3.65. The first-order valence-corrected chi connectivity index (χ1v) is 12.6. The first-order chi connectivity index (χ1) is 15.7. The molecule has 2 aromatic carbocycles. The number of hydrogen-bond donors (Lipinski definition) is 0. The Kier molecular flexibility index (Phi) is 7.77. The zero-order valence-electron chi connectivity index (χ0n) is 18.4. The third-order valence-corrected chi connectivity index (χ3v) is 7.98. The minimum absolute atomic E-state index is 0.0810. The Labute approximate surface area is 195 Å². The number of thiazole rings is 1. The topological polar surface area (TPSA) is 98.0 Å². The summed E-state index contributed by atoms with van der Waals surface area (Å²) in [5.74, 6) is -1.58. The molecular weight excluding hydrogens is 469 g/mol. The van der Waals surface area contributed by atoms with Gasteiger partial charge in [0.25, 0.3) is 5.91 Å². The van der Waals surface area contributed by atoms with Crippen molar-refractivity contribution in [2.75, 3.05) is 19.7 Å². The smallest absolute Gasteiger partial charge is 0.326 e. The molecule has 0 saturated heterocycles. The van der Waals surface area contributed by atoms with E-state index in [1.165, 1.54) is 51.3 Å². The normalized spacial score (nSPS) is 12.5. The third kappa shape index (κ3) is 5.37. The molecule has 0 saturated carbocycles. The highest BCUT2D eigenvalue weighted by Gasteiger charge is 2.22. The van der Waals surface area contributed by atoms with E-state index in [1.807, 2.05) is 0 Å². The average Bonchev–Trinajstić information content (AvgIpc) is 3.10. The summed E-state index contributed by atoms with van der Waals surface area (Å²) in [5.41, 5.74) is 0.724. The van der Waals surface area contributed by atoms with E-state index in [0.29, 0.717) is 23.3 Å². The predicted molar refractivity (Wildman–Crippen MR) is 123 cm³/mol. The minimum Gasteiger partial charge on any atom is -0.465 e. The van der Waals surface area contributed by atoms with Crippen LogP contribution in [0.2, 0.25) is 0 Å². The molecule has 0 aliphatic carbocycles. The summed E-state index contributed by atoms with van der Waals surface area (Å²) in [4.78, 5) is 29.3. The van der Waals surface area contributed by atoms with Crippen molar-refractivity contribution in [3.05, 3.63) is 58.6 Å². The average molecular weight is 494 g/mol. The van der Waals surface area contributed by atoms with Crippen molar-refractivity contribution < 1.29 is 27.1 Å². The third-order valence-electron chi connectivity index (χ3n) is 4.88. The second kappa shape index (κ2) is 10.4. The lowest BCUT2D eigenvalue weighted by molar-refractivity contribution is -0.143. The highest BCUT2D eigenvalue weighted by atomic mass is 32.2. The van der Waals surface area contributed by atoms with Gasteiger partial charge in [-0.3, -0.25) is 9.59 Å². The zero-order valence-corrected chi connectivity index (χ0v) is 20.1. The van der Waals surface area contributed by atoms with E-state index >= 15 is 0 Å². The van der Waals surface area contributed by atoms with Crippen molar-refractivity contribution in [3.63, 3.8) is 0 Å². The van der Waals surface area contributed by atoms with Crippen LogP contribution in [-0.4, -0.2) is 48.9 Å². The summed E-state index contributed by atoms with van der Waals surface area (Å²) >= 11 is 1.06. The van der Waals surface area contributed by atoms with Gasteiger partial charge in [-0.15, -0.1) is 0 Å². The molecule has 0 bridgehead atoms. The Hall–Kier alpha value is -2.89. The zero-order chi connectivity index (χ0) is 24.2. The Morgan fingerprint density at radius 2 is 1.76 bits per heavy atom. The molecule has 3 rings (SSSR count). The fourth-order valence-electron chi connectivity index (χ4n) is 3.25.